The van der Waals surface area contributed by atoms with E-state index in [0.29, 0.717) is 5.69 Å². The van der Waals surface area contributed by atoms with Gasteiger partial charge in [0.2, 0.25) is 0 Å². The van der Waals surface area contributed by atoms with Gasteiger partial charge < -0.3 is 10.2 Å². The Hall–Kier alpha value is -1.56. The Morgan fingerprint density at radius 2 is 1.67 bits per heavy atom. The van der Waals surface area contributed by atoms with E-state index in [-0.39, 0.29) is 11.8 Å². The van der Waals surface area contributed by atoms with Crippen molar-refractivity contribution in [3.63, 3.8) is 0 Å². The largest absolute Gasteiger partial charge is 0.325 e. The van der Waals surface area contributed by atoms with Crippen LogP contribution in [-0.2, 0) is 15.6 Å². The van der Waals surface area contributed by atoms with E-state index in [9.17, 15) is 13.2 Å². The van der Waals surface area contributed by atoms with Crippen LogP contribution < -0.4 is 5.32 Å². The van der Waals surface area contributed by atoms with Crippen LogP contribution in [0.15, 0.2) is 24.3 Å². The Morgan fingerprint density at radius 3 is 2.19 bits per heavy atom. The zero-order valence-corrected chi connectivity index (χ0v) is 13.2. The van der Waals surface area contributed by atoms with Crippen molar-refractivity contribution >= 4 is 21.6 Å². The van der Waals surface area contributed by atoms with Gasteiger partial charge in [-0.2, -0.15) is 0 Å². The van der Waals surface area contributed by atoms with Crippen molar-refractivity contribution in [3.05, 3.63) is 29.8 Å². The first kappa shape index (κ1) is 15.8. The summed E-state index contributed by atoms with van der Waals surface area (Å²) in [6, 6.07) is 6.89. The molecule has 21 heavy (non-hydrogen) atoms. The first-order valence-corrected chi connectivity index (χ1v) is 9.33. The molecule has 116 valence electrons. The molecular weight excluding hydrogens is 288 g/mol. The zero-order valence-electron chi connectivity index (χ0n) is 12.3. The second kappa shape index (κ2) is 6.93. The van der Waals surface area contributed by atoms with Crippen molar-refractivity contribution in [3.8, 4) is 0 Å². The van der Waals surface area contributed by atoms with Crippen LogP contribution in [0, 0.1) is 0 Å². The van der Waals surface area contributed by atoms with Crippen LogP contribution in [0.2, 0.25) is 0 Å². The van der Waals surface area contributed by atoms with Crippen molar-refractivity contribution < 1.29 is 13.2 Å². The molecule has 1 heterocycles. The van der Waals surface area contributed by atoms with Gasteiger partial charge in [-0.3, -0.25) is 0 Å². The second-order valence-corrected chi connectivity index (χ2v) is 7.74. The predicted molar refractivity (Wildman–Crippen MR) is 84.0 cm³/mol. The van der Waals surface area contributed by atoms with Crippen molar-refractivity contribution in [2.45, 2.75) is 31.4 Å². The summed E-state index contributed by atoms with van der Waals surface area (Å²) < 4.78 is 22.5. The number of likely N-dealkylation sites (tertiary alicyclic amines) is 1. The highest BCUT2D eigenvalue weighted by Gasteiger charge is 2.15. The van der Waals surface area contributed by atoms with Crippen molar-refractivity contribution in [1.82, 2.24) is 4.90 Å². The molecule has 1 aromatic carbocycles. The molecule has 2 amide bonds. The van der Waals surface area contributed by atoms with E-state index in [4.69, 9.17) is 0 Å². The molecule has 0 spiro atoms. The highest BCUT2D eigenvalue weighted by atomic mass is 32.2. The number of carbonyl (C=O) groups is 1. The average molecular weight is 310 g/mol. The minimum absolute atomic E-state index is 0.0212. The maximum absolute atomic E-state index is 12.2. The molecule has 0 aromatic heterocycles. The van der Waals surface area contributed by atoms with Gasteiger partial charge in [-0.05, 0) is 30.5 Å². The lowest BCUT2D eigenvalue weighted by Gasteiger charge is -2.20. The fraction of sp³-hybridized carbons (Fsp3) is 0.533. The van der Waals surface area contributed by atoms with Crippen molar-refractivity contribution in [2.24, 2.45) is 0 Å². The molecule has 5 nitrogen and oxygen atoms in total. The minimum atomic E-state index is -3.03. The van der Waals surface area contributed by atoms with Crippen LogP contribution in [0.4, 0.5) is 10.5 Å². The van der Waals surface area contributed by atoms with Gasteiger partial charge in [0.15, 0.2) is 9.84 Å². The number of benzene rings is 1. The van der Waals surface area contributed by atoms with Crippen LogP contribution in [0.5, 0.6) is 0 Å². The van der Waals surface area contributed by atoms with E-state index in [2.05, 4.69) is 5.32 Å². The average Bonchev–Trinajstić information content (AvgIpc) is 2.68. The number of nitrogens with zero attached hydrogens (tertiary/aromatic N) is 1. The lowest BCUT2D eigenvalue weighted by Crippen LogP contribution is -2.35. The summed E-state index contributed by atoms with van der Waals surface area (Å²) in [5.74, 6) is 0.0212. The molecule has 1 aliphatic rings. The van der Waals surface area contributed by atoms with Crippen LogP contribution in [0.25, 0.3) is 0 Å². The molecule has 1 saturated heterocycles. The summed E-state index contributed by atoms with van der Waals surface area (Å²) in [4.78, 5) is 14.0. The Labute approximate surface area is 126 Å². The minimum Gasteiger partial charge on any atom is -0.325 e. The first-order chi connectivity index (χ1) is 9.94. The van der Waals surface area contributed by atoms with Gasteiger partial charge in [-0.25, -0.2) is 13.2 Å². The molecule has 0 aliphatic carbocycles. The standard InChI is InChI=1S/C15H22N2O3S/c1-21(19,20)12-13-6-8-14(9-7-13)16-15(18)17-10-4-2-3-5-11-17/h6-9H,2-5,10-12H2,1H3,(H,16,18). The summed E-state index contributed by atoms with van der Waals surface area (Å²) in [5, 5.41) is 2.87. The van der Waals surface area contributed by atoms with Gasteiger partial charge in [-0.15, -0.1) is 0 Å². The van der Waals surface area contributed by atoms with Gasteiger partial charge in [-0.1, -0.05) is 25.0 Å². The van der Waals surface area contributed by atoms with E-state index in [1.54, 1.807) is 24.3 Å². The molecular formula is C15H22N2O3S. The number of carbonyl (C=O) groups excluding carboxylic acids is 1. The molecule has 1 aliphatic heterocycles. The predicted octanol–water partition coefficient (Wildman–Crippen LogP) is 2.64. The van der Waals surface area contributed by atoms with Crippen LogP contribution in [-0.4, -0.2) is 38.7 Å². The Kier molecular flexibility index (Phi) is 5.22. The molecule has 0 bridgehead atoms. The summed E-state index contributed by atoms with van der Waals surface area (Å²) in [6.45, 7) is 1.61. The fourth-order valence-electron chi connectivity index (χ4n) is 2.46. The van der Waals surface area contributed by atoms with Crippen LogP contribution in [0.3, 0.4) is 0 Å². The molecule has 0 radical (unpaired) electrons. The number of amides is 2. The summed E-state index contributed by atoms with van der Waals surface area (Å²) >= 11 is 0. The number of hydrogen-bond acceptors (Lipinski definition) is 3. The third kappa shape index (κ3) is 5.38. The van der Waals surface area contributed by atoms with Crippen LogP contribution in [0.1, 0.15) is 31.2 Å². The highest BCUT2D eigenvalue weighted by Crippen LogP contribution is 2.14. The summed E-state index contributed by atoms with van der Waals surface area (Å²) in [5.41, 5.74) is 1.42. The van der Waals surface area contributed by atoms with Crippen molar-refractivity contribution in [2.75, 3.05) is 24.7 Å². The molecule has 1 fully saturated rings. The van der Waals surface area contributed by atoms with E-state index < -0.39 is 9.84 Å². The molecule has 0 unspecified atom stereocenters. The topological polar surface area (TPSA) is 66.5 Å². The molecule has 0 atom stereocenters. The van der Waals surface area contributed by atoms with E-state index in [1.807, 2.05) is 4.90 Å². The summed E-state index contributed by atoms with van der Waals surface area (Å²) in [6.07, 6.45) is 5.69. The van der Waals surface area contributed by atoms with Gasteiger partial charge in [0.1, 0.15) is 0 Å². The number of urea groups is 1. The van der Waals surface area contributed by atoms with Crippen LogP contribution >= 0.6 is 0 Å². The number of sulfone groups is 1. The Balaban J connectivity index is 1.94. The molecule has 2 rings (SSSR count). The number of nitrogens with one attached hydrogen (secondary N) is 1. The Bertz CT molecular complexity index is 573. The smallest absolute Gasteiger partial charge is 0.321 e. The number of hydrogen-bond donors (Lipinski definition) is 1. The molecule has 0 saturated carbocycles. The maximum atomic E-state index is 12.2. The quantitative estimate of drug-likeness (QED) is 0.933. The van der Waals surface area contributed by atoms with Gasteiger partial charge in [0.05, 0.1) is 5.75 Å². The first-order valence-electron chi connectivity index (χ1n) is 7.27. The lowest BCUT2D eigenvalue weighted by molar-refractivity contribution is 0.214. The van der Waals surface area contributed by atoms with Gasteiger partial charge in [0.25, 0.3) is 0 Å². The lowest BCUT2D eigenvalue weighted by atomic mass is 10.2. The number of anilines is 1. The fourth-order valence-corrected chi connectivity index (χ4v) is 3.26. The second-order valence-electron chi connectivity index (χ2n) is 5.60. The normalized spacial score (nSPS) is 16.3. The highest BCUT2D eigenvalue weighted by molar-refractivity contribution is 7.89. The van der Waals surface area contributed by atoms with E-state index in [0.717, 1.165) is 31.5 Å². The van der Waals surface area contributed by atoms with E-state index in [1.165, 1.54) is 19.1 Å². The van der Waals surface area contributed by atoms with E-state index >= 15 is 0 Å². The summed E-state index contributed by atoms with van der Waals surface area (Å²) in [7, 11) is -3.03. The monoisotopic (exact) mass is 310 g/mol. The Morgan fingerprint density at radius 1 is 1.10 bits per heavy atom. The van der Waals surface area contributed by atoms with Gasteiger partial charge >= 0.3 is 6.03 Å². The third-order valence-electron chi connectivity index (χ3n) is 3.53. The molecule has 1 N–H and O–H groups in total. The number of rotatable bonds is 3. The van der Waals surface area contributed by atoms with Gasteiger partial charge in [0, 0.05) is 25.0 Å². The SMILES string of the molecule is CS(=O)(=O)Cc1ccc(NC(=O)N2CCCCCC2)cc1. The molecule has 1 aromatic rings. The zero-order chi connectivity index (χ0) is 15.3. The third-order valence-corrected chi connectivity index (χ3v) is 4.39. The molecule has 6 heteroatoms. The van der Waals surface area contributed by atoms with Crippen molar-refractivity contribution in [1.29, 1.82) is 0 Å². The maximum Gasteiger partial charge on any atom is 0.321 e.